The number of aliphatic hydroxyl groups is 1. The van der Waals surface area contributed by atoms with Crippen LogP contribution in [-0.4, -0.2) is 54.9 Å². The standard InChI is InChI=1S/C25H28N6O6/c1-15-7-5-9-18(11-15)37-14-17(32)13-31-20-22(29(2)25(35)30(3)23(20)34)27-24(31)28-26-12-16-8-6-10-19(36-4)21(16)33/h5-12,17,32-33H,13-14H2,1-4H3,(H,27,28). The maximum absolute atomic E-state index is 13.0. The van der Waals surface area contributed by atoms with Gasteiger partial charge in [0.1, 0.15) is 18.5 Å². The molecule has 0 saturated heterocycles. The van der Waals surface area contributed by atoms with E-state index in [-0.39, 0.29) is 41.8 Å². The minimum atomic E-state index is -1.02. The molecule has 4 rings (SSSR count). The van der Waals surface area contributed by atoms with E-state index >= 15 is 0 Å². The van der Waals surface area contributed by atoms with Crippen molar-refractivity contribution in [2.45, 2.75) is 19.6 Å². The molecule has 0 saturated carbocycles. The number of phenols is 1. The average Bonchev–Trinajstić information content (AvgIpc) is 3.24. The molecular formula is C25H28N6O6. The fourth-order valence-corrected chi connectivity index (χ4v) is 3.84. The molecule has 12 heteroatoms. The Kier molecular flexibility index (Phi) is 7.30. The number of hydrazone groups is 1. The van der Waals surface area contributed by atoms with Crippen LogP contribution in [0.1, 0.15) is 11.1 Å². The van der Waals surface area contributed by atoms with E-state index in [4.69, 9.17) is 9.47 Å². The van der Waals surface area contributed by atoms with Gasteiger partial charge in [-0.25, -0.2) is 10.2 Å². The Hall–Kier alpha value is -4.58. The molecule has 0 spiro atoms. The smallest absolute Gasteiger partial charge is 0.332 e. The molecule has 37 heavy (non-hydrogen) atoms. The zero-order valence-corrected chi connectivity index (χ0v) is 20.9. The molecule has 1 unspecified atom stereocenters. The first-order chi connectivity index (χ1) is 17.7. The summed E-state index contributed by atoms with van der Waals surface area (Å²) in [6, 6.07) is 12.4. The number of ether oxygens (including phenoxy) is 2. The number of nitrogens with zero attached hydrogens (tertiary/aromatic N) is 5. The molecular weight excluding hydrogens is 480 g/mol. The van der Waals surface area contributed by atoms with Crippen molar-refractivity contribution in [3.05, 3.63) is 74.4 Å². The number of aromatic hydroxyl groups is 1. The maximum atomic E-state index is 13.0. The number of phenolic OH excluding ortho intramolecular Hbond substituents is 1. The molecule has 3 N–H and O–H groups in total. The molecule has 0 bridgehead atoms. The summed E-state index contributed by atoms with van der Waals surface area (Å²) in [5, 5.41) is 25.2. The zero-order chi connectivity index (χ0) is 26.7. The third kappa shape index (κ3) is 5.19. The van der Waals surface area contributed by atoms with Gasteiger partial charge in [0.15, 0.2) is 22.7 Å². The number of hydrogen-bond acceptors (Lipinski definition) is 9. The Labute approximate surface area is 211 Å². The van der Waals surface area contributed by atoms with Crippen molar-refractivity contribution < 1.29 is 19.7 Å². The van der Waals surface area contributed by atoms with Gasteiger partial charge in [0, 0.05) is 19.7 Å². The van der Waals surface area contributed by atoms with Crippen LogP contribution in [0, 0.1) is 6.92 Å². The summed E-state index contributed by atoms with van der Waals surface area (Å²) < 4.78 is 14.5. The van der Waals surface area contributed by atoms with Gasteiger partial charge in [-0.3, -0.25) is 13.9 Å². The third-order valence-corrected chi connectivity index (χ3v) is 5.79. The fraction of sp³-hybridized carbons (Fsp3) is 0.280. The molecule has 0 radical (unpaired) electrons. The van der Waals surface area contributed by atoms with Gasteiger partial charge < -0.3 is 24.3 Å². The van der Waals surface area contributed by atoms with E-state index in [2.05, 4.69) is 15.5 Å². The van der Waals surface area contributed by atoms with Crippen molar-refractivity contribution in [2.24, 2.45) is 19.2 Å². The van der Waals surface area contributed by atoms with Crippen molar-refractivity contribution in [3.63, 3.8) is 0 Å². The van der Waals surface area contributed by atoms with Crippen molar-refractivity contribution in [3.8, 4) is 17.2 Å². The highest BCUT2D eigenvalue weighted by Gasteiger charge is 2.21. The number of fused-ring (bicyclic) bond motifs is 1. The molecule has 194 valence electrons. The molecule has 0 aliphatic carbocycles. The van der Waals surface area contributed by atoms with Crippen LogP contribution in [0.25, 0.3) is 11.2 Å². The van der Waals surface area contributed by atoms with Crippen molar-refractivity contribution >= 4 is 23.3 Å². The van der Waals surface area contributed by atoms with E-state index in [0.29, 0.717) is 11.3 Å². The van der Waals surface area contributed by atoms with Crippen LogP contribution in [0.2, 0.25) is 0 Å². The first kappa shape index (κ1) is 25.5. The molecule has 0 amide bonds. The number of benzene rings is 2. The van der Waals surface area contributed by atoms with Crippen LogP contribution < -0.4 is 26.1 Å². The molecule has 2 aromatic heterocycles. The van der Waals surface area contributed by atoms with Gasteiger partial charge in [0.05, 0.1) is 19.9 Å². The summed E-state index contributed by atoms with van der Waals surface area (Å²) in [7, 11) is 4.31. The van der Waals surface area contributed by atoms with E-state index in [9.17, 15) is 19.8 Å². The summed E-state index contributed by atoms with van der Waals surface area (Å²) in [4.78, 5) is 29.8. The second-order valence-corrected chi connectivity index (χ2v) is 8.47. The third-order valence-electron chi connectivity index (χ3n) is 5.79. The molecule has 2 aromatic carbocycles. The second-order valence-electron chi connectivity index (χ2n) is 8.47. The van der Waals surface area contributed by atoms with Crippen molar-refractivity contribution in [1.29, 1.82) is 0 Å². The molecule has 0 fully saturated rings. The van der Waals surface area contributed by atoms with Gasteiger partial charge in [-0.2, -0.15) is 10.1 Å². The Morgan fingerprint density at radius 3 is 2.65 bits per heavy atom. The summed E-state index contributed by atoms with van der Waals surface area (Å²) in [6.45, 7) is 1.82. The molecule has 0 aliphatic rings. The Balaban J connectivity index is 1.67. The quantitative estimate of drug-likeness (QED) is 0.227. The number of aryl methyl sites for hydroxylation is 2. The molecule has 0 aliphatic heterocycles. The summed E-state index contributed by atoms with van der Waals surface area (Å²) in [6.07, 6.45) is 0.336. The van der Waals surface area contributed by atoms with Crippen LogP contribution in [0.5, 0.6) is 17.2 Å². The maximum Gasteiger partial charge on any atom is 0.332 e. The minimum Gasteiger partial charge on any atom is -0.504 e. The minimum absolute atomic E-state index is 0.0460. The predicted molar refractivity (Wildman–Crippen MR) is 139 cm³/mol. The van der Waals surface area contributed by atoms with Crippen LogP contribution in [0.4, 0.5) is 5.95 Å². The van der Waals surface area contributed by atoms with Crippen LogP contribution in [0.15, 0.2) is 57.2 Å². The number of imidazole rings is 1. The van der Waals surface area contributed by atoms with Gasteiger partial charge in [0.25, 0.3) is 5.56 Å². The molecule has 1 atom stereocenters. The normalized spacial score (nSPS) is 12.2. The number of aromatic nitrogens is 4. The van der Waals surface area contributed by atoms with E-state index in [1.165, 1.54) is 36.6 Å². The first-order valence-corrected chi connectivity index (χ1v) is 11.4. The van der Waals surface area contributed by atoms with Crippen molar-refractivity contribution in [2.75, 3.05) is 19.1 Å². The Bertz CT molecular complexity index is 1590. The summed E-state index contributed by atoms with van der Waals surface area (Å²) in [5.74, 6) is 0.908. The van der Waals surface area contributed by atoms with Crippen LogP contribution in [-0.2, 0) is 20.6 Å². The lowest BCUT2D eigenvalue weighted by molar-refractivity contribution is 0.0938. The number of hydrogen-bond donors (Lipinski definition) is 3. The highest BCUT2D eigenvalue weighted by Crippen LogP contribution is 2.28. The fourth-order valence-electron chi connectivity index (χ4n) is 3.84. The zero-order valence-electron chi connectivity index (χ0n) is 20.9. The average molecular weight is 509 g/mol. The number of para-hydroxylation sites is 1. The highest BCUT2D eigenvalue weighted by atomic mass is 16.5. The van der Waals surface area contributed by atoms with Gasteiger partial charge in [-0.15, -0.1) is 0 Å². The number of nitrogens with one attached hydrogen (secondary N) is 1. The number of aliphatic hydroxyl groups excluding tert-OH is 1. The second kappa shape index (κ2) is 10.6. The SMILES string of the molecule is COc1cccc(C=NNc2nc3c(c(=O)n(C)c(=O)n3C)n2CC(O)COc2cccc(C)c2)c1O. The summed E-state index contributed by atoms with van der Waals surface area (Å²) >= 11 is 0. The topological polar surface area (TPSA) is 145 Å². The lowest BCUT2D eigenvalue weighted by atomic mass is 10.2. The van der Waals surface area contributed by atoms with E-state index < -0.39 is 17.4 Å². The molecule has 4 aromatic rings. The molecule has 2 heterocycles. The highest BCUT2D eigenvalue weighted by molar-refractivity contribution is 5.85. The van der Waals surface area contributed by atoms with Crippen molar-refractivity contribution in [1.82, 2.24) is 18.7 Å². The van der Waals surface area contributed by atoms with Gasteiger partial charge in [0.2, 0.25) is 5.95 Å². The predicted octanol–water partition coefficient (Wildman–Crippen LogP) is 1.34. The summed E-state index contributed by atoms with van der Waals surface area (Å²) in [5.41, 5.74) is 3.28. The molecule has 12 nitrogen and oxygen atoms in total. The number of methoxy groups -OCH3 is 1. The van der Waals surface area contributed by atoms with E-state index in [0.717, 1.165) is 10.1 Å². The van der Waals surface area contributed by atoms with Gasteiger partial charge >= 0.3 is 5.69 Å². The number of rotatable bonds is 9. The van der Waals surface area contributed by atoms with E-state index in [1.54, 1.807) is 24.3 Å². The number of anilines is 1. The Morgan fingerprint density at radius 2 is 1.92 bits per heavy atom. The van der Waals surface area contributed by atoms with Crippen LogP contribution >= 0.6 is 0 Å². The van der Waals surface area contributed by atoms with Gasteiger partial charge in [-0.1, -0.05) is 18.2 Å². The monoisotopic (exact) mass is 508 g/mol. The van der Waals surface area contributed by atoms with E-state index in [1.807, 2.05) is 25.1 Å². The first-order valence-electron chi connectivity index (χ1n) is 11.4. The van der Waals surface area contributed by atoms with Gasteiger partial charge in [-0.05, 0) is 36.8 Å². The van der Waals surface area contributed by atoms with Crippen LogP contribution in [0.3, 0.4) is 0 Å². The Morgan fingerprint density at radius 1 is 1.16 bits per heavy atom. The lowest BCUT2D eigenvalue weighted by Gasteiger charge is -2.15. The largest absolute Gasteiger partial charge is 0.504 e. The lowest BCUT2D eigenvalue weighted by Crippen LogP contribution is -2.38.